The van der Waals surface area contributed by atoms with Crippen LogP contribution in [0, 0.1) is 17.1 Å². The van der Waals surface area contributed by atoms with Crippen molar-refractivity contribution in [2.75, 3.05) is 10.2 Å². The van der Waals surface area contributed by atoms with Crippen LogP contribution in [-0.4, -0.2) is 17.1 Å². The predicted octanol–water partition coefficient (Wildman–Crippen LogP) is 5.54. The van der Waals surface area contributed by atoms with Gasteiger partial charge < -0.3 is 5.32 Å². The number of nitriles is 1. The number of hydrogen-bond acceptors (Lipinski definition) is 4. The van der Waals surface area contributed by atoms with Crippen LogP contribution >= 0.6 is 23.4 Å². The highest BCUT2D eigenvalue weighted by Crippen LogP contribution is 2.42. The Morgan fingerprint density at radius 1 is 1.06 bits per heavy atom. The zero-order valence-electron chi connectivity index (χ0n) is 17.2. The van der Waals surface area contributed by atoms with Crippen molar-refractivity contribution in [3.8, 4) is 6.07 Å². The van der Waals surface area contributed by atoms with Gasteiger partial charge in [0.15, 0.2) is 0 Å². The van der Waals surface area contributed by atoms with Gasteiger partial charge in [-0.2, -0.15) is 5.26 Å². The number of para-hydroxylation sites is 2. The summed E-state index contributed by atoms with van der Waals surface area (Å²) in [6.07, 6.45) is 0.390. The Bertz CT molecular complexity index is 1270. The summed E-state index contributed by atoms with van der Waals surface area (Å²) in [5, 5.41) is 12.5. The minimum Gasteiger partial charge on any atom is -0.319 e. The van der Waals surface area contributed by atoms with Crippen LogP contribution in [0.15, 0.2) is 89.5 Å². The van der Waals surface area contributed by atoms with Gasteiger partial charge in [0.2, 0.25) is 5.91 Å². The van der Waals surface area contributed by atoms with Gasteiger partial charge in [0.25, 0.3) is 5.91 Å². The Morgan fingerprint density at radius 2 is 1.73 bits per heavy atom. The van der Waals surface area contributed by atoms with E-state index in [1.54, 1.807) is 42.5 Å². The van der Waals surface area contributed by atoms with Crippen LogP contribution in [0.1, 0.15) is 5.56 Å². The number of thioether (sulfide) groups is 1. The SMILES string of the molecule is N#C/C(C(=O)Nc1ccccc1F)=C1\S[C@@H](Cc2ccc(Cl)cc2)C(=O)N1c1ccccc1. The molecule has 1 fully saturated rings. The van der Waals surface area contributed by atoms with Gasteiger partial charge in [-0.1, -0.05) is 65.8 Å². The lowest BCUT2D eigenvalue weighted by molar-refractivity contribution is -0.117. The third-order valence-electron chi connectivity index (χ3n) is 4.98. The molecule has 0 saturated carbocycles. The fourth-order valence-electron chi connectivity index (χ4n) is 3.38. The Morgan fingerprint density at radius 3 is 2.39 bits per heavy atom. The molecule has 0 unspecified atom stereocenters. The van der Waals surface area contributed by atoms with Crippen LogP contribution in [-0.2, 0) is 16.0 Å². The number of carbonyl (C=O) groups excluding carboxylic acids is 2. The summed E-state index contributed by atoms with van der Waals surface area (Å²) in [4.78, 5) is 27.7. The van der Waals surface area contributed by atoms with Crippen molar-refractivity contribution in [2.24, 2.45) is 0 Å². The second-order valence-electron chi connectivity index (χ2n) is 7.17. The fraction of sp³-hybridized carbons (Fsp3) is 0.0800. The fourth-order valence-corrected chi connectivity index (χ4v) is 4.82. The molecule has 0 bridgehead atoms. The third-order valence-corrected chi connectivity index (χ3v) is 6.49. The lowest BCUT2D eigenvalue weighted by atomic mass is 10.1. The molecule has 0 aromatic heterocycles. The van der Waals surface area contributed by atoms with Crippen molar-refractivity contribution in [2.45, 2.75) is 11.7 Å². The molecule has 0 radical (unpaired) electrons. The molecular formula is C25H17ClFN3O2S. The van der Waals surface area contributed by atoms with Gasteiger partial charge in [-0.05, 0) is 48.4 Å². The maximum atomic E-state index is 14.0. The van der Waals surface area contributed by atoms with Gasteiger partial charge in [-0.15, -0.1) is 0 Å². The molecular weight excluding hydrogens is 461 g/mol. The molecule has 3 aromatic rings. The Hall–Kier alpha value is -3.60. The molecule has 1 aliphatic heterocycles. The average Bonchev–Trinajstić information content (AvgIpc) is 3.13. The van der Waals surface area contributed by atoms with E-state index >= 15 is 0 Å². The summed E-state index contributed by atoms with van der Waals surface area (Å²) < 4.78 is 14.0. The number of halogens is 2. The van der Waals surface area contributed by atoms with Gasteiger partial charge >= 0.3 is 0 Å². The molecule has 1 heterocycles. The summed E-state index contributed by atoms with van der Waals surface area (Å²) >= 11 is 7.10. The number of nitrogens with one attached hydrogen (secondary N) is 1. The molecule has 33 heavy (non-hydrogen) atoms. The molecule has 1 atom stereocenters. The molecule has 5 nitrogen and oxygen atoms in total. The number of hydrogen-bond donors (Lipinski definition) is 1. The van der Waals surface area contributed by atoms with E-state index in [-0.39, 0.29) is 22.2 Å². The van der Waals surface area contributed by atoms with E-state index < -0.39 is 17.0 Å². The number of carbonyl (C=O) groups is 2. The van der Waals surface area contributed by atoms with Gasteiger partial charge in [0.1, 0.15) is 22.5 Å². The van der Waals surface area contributed by atoms with E-state index in [9.17, 15) is 19.2 Å². The Kier molecular flexibility index (Phi) is 6.78. The van der Waals surface area contributed by atoms with Crippen molar-refractivity contribution in [1.29, 1.82) is 5.26 Å². The minimum absolute atomic E-state index is 0.0471. The van der Waals surface area contributed by atoms with E-state index in [0.717, 1.165) is 17.3 Å². The van der Waals surface area contributed by atoms with Crippen molar-refractivity contribution in [3.63, 3.8) is 0 Å². The monoisotopic (exact) mass is 477 g/mol. The molecule has 4 rings (SSSR count). The van der Waals surface area contributed by atoms with E-state index in [1.165, 1.54) is 23.1 Å². The molecule has 3 aromatic carbocycles. The molecule has 1 aliphatic rings. The third kappa shape index (κ3) is 4.92. The van der Waals surface area contributed by atoms with Gasteiger partial charge in [-0.25, -0.2) is 4.39 Å². The van der Waals surface area contributed by atoms with Gasteiger partial charge in [0.05, 0.1) is 10.9 Å². The summed E-state index contributed by atoms with van der Waals surface area (Å²) in [7, 11) is 0. The van der Waals surface area contributed by atoms with Crippen molar-refractivity contribution in [3.05, 3.63) is 106 Å². The minimum atomic E-state index is -0.786. The molecule has 0 spiro atoms. The standard InChI is InChI=1S/C25H17ClFN3O2S/c26-17-12-10-16(11-13-17)14-22-24(32)30(18-6-2-1-3-7-18)25(33-22)19(15-28)23(31)29-21-9-5-4-8-20(21)27/h1-13,22H,14H2,(H,29,31)/b25-19+/t22-/m0/s1. The first-order valence-electron chi connectivity index (χ1n) is 9.98. The molecule has 0 aliphatic carbocycles. The van der Waals surface area contributed by atoms with Crippen LogP contribution in [0.5, 0.6) is 0 Å². The van der Waals surface area contributed by atoms with Crippen LogP contribution in [0.2, 0.25) is 5.02 Å². The molecule has 8 heteroatoms. The molecule has 164 valence electrons. The molecule has 1 N–H and O–H groups in total. The van der Waals surface area contributed by atoms with Crippen molar-refractivity contribution in [1.82, 2.24) is 0 Å². The lowest BCUT2D eigenvalue weighted by Gasteiger charge is -2.18. The lowest BCUT2D eigenvalue weighted by Crippen LogP contribution is -2.30. The summed E-state index contributed by atoms with van der Waals surface area (Å²) in [6, 6.07) is 23.5. The number of anilines is 2. The summed E-state index contributed by atoms with van der Waals surface area (Å²) in [5.41, 5.74) is 1.12. The first-order chi connectivity index (χ1) is 16.0. The van der Waals surface area contributed by atoms with Gasteiger partial charge in [-0.3, -0.25) is 14.5 Å². The summed E-state index contributed by atoms with van der Waals surface area (Å²) in [5.74, 6) is -1.66. The second-order valence-corrected chi connectivity index (χ2v) is 8.80. The van der Waals surface area contributed by atoms with Crippen LogP contribution < -0.4 is 10.2 Å². The normalized spacial score (nSPS) is 16.9. The number of amides is 2. The average molecular weight is 478 g/mol. The highest BCUT2D eigenvalue weighted by atomic mass is 35.5. The van der Waals surface area contributed by atoms with Gasteiger partial charge in [0, 0.05) is 10.7 Å². The molecule has 2 amide bonds. The Labute approximate surface area is 199 Å². The van der Waals surface area contributed by atoms with E-state index in [0.29, 0.717) is 17.1 Å². The van der Waals surface area contributed by atoms with Crippen molar-refractivity contribution < 1.29 is 14.0 Å². The highest BCUT2D eigenvalue weighted by Gasteiger charge is 2.40. The zero-order chi connectivity index (χ0) is 23.4. The Balaban J connectivity index is 1.72. The smallest absolute Gasteiger partial charge is 0.269 e. The number of nitrogens with zero attached hydrogens (tertiary/aromatic N) is 2. The van der Waals surface area contributed by atoms with Crippen LogP contribution in [0.25, 0.3) is 0 Å². The quantitative estimate of drug-likeness (QED) is 0.386. The molecule has 1 saturated heterocycles. The zero-order valence-corrected chi connectivity index (χ0v) is 18.7. The maximum absolute atomic E-state index is 14.0. The van der Waals surface area contributed by atoms with Crippen molar-refractivity contribution >= 4 is 46.6 Å². The first-order valence-corrected chi connectivity index (χ1v) is 11.2. The largest absolute Gasteiger partial charge is 0.319 e. The highest BCUT2D eigenvalue weighted by molar-refractivity contribution is 8.05. The van der Waals surface area contributed by atoms with Crippen LogP contribution in [0.4, 0.5) is 15.8 Å². The first kappa shape index (κ1) is 22.6. The number of benzene rings is 3. The topological polar surface area (TPSA) is 73.2 Å². The predicted molar refractivity (Wildman–Crippen MR) is 128 cm³/mol. The number of rotatable bonds is 5. The summed E-state index contributed by atoms with van der Waals surface area (Å²) in [6.45, 7) is 0. The second kappa shape index (κ2) is 9.90. The van der Waals surface area contributed by atoms with E-state index in [2.05, 4.69) is 5.32 Å². The van der Waals surface area contributed by atoms with Crippen LogP contribution in [0.3, 0.4) is 0 Å². The van der Waals surface area contributed by atoms with E-state index in [1.807, 2.05) is 24.3 Å². The van der Waals surface area contributed by atoms with E-state index in [4.69, 9.17) is 11.6 Å². The maximum Gasteiger partial charge on any atom is 0.269 e.